The van der Waals surface area contributed by atoms with Crippen LogP contribution in [0.5, 0.6) is 5.75 Å². The summed E-state index contributed by atoms with van der Waals surface area (Å²) < 4.78 is 32.1. The highest BCUT2D eigenvalue weighted by atomic mass is 19.1. The van der Waals surface area contributed by atoms with Gasteiger partial charge in [0.05, 0.1) is 13.2 Å². The zero-order chi connectivity index (χ0) is 17.6. The van der Waals surface area contributed by atoms with Gasteiger partial charge < -0.3 is 10.1 Å². The smallest absolute Gasteiger partial charge is 0.126 e. The molecule has 0 fully saturated rings. The van der Waals surface area contributed by atoms with E-state index in [4.69, 9.17) is 4.74 Å². The molecule has 0 amide bonds. The molecule has 0 saturated heterocycles. The molecular weight excluding hydrogens is 322 g/mol. The van der Waals surface area contributed by atoms with E-state index >= 15 is 0 Å². The fourth-order valence-electron chi connectivity index (χ4n) is 2.73. The van der Waals surface area contributed by atoms with Gasteiger partial charge in [-0.3, -0.25) is 4.98 Å². The molecule has 3 rings (SSSR count). The van der Waals surface area contributed by atoms with Gasteiger partial charge in [-0.2, -0.15) is 0 Å². The van der Waals surface area contributed by atoms with Crippen LogP contribution in [0, 0.1) is 11.6 Å². The van der Waals surface area contributed by atoms with Gasteiger partial charge in [-0.15, -0.1) is 0 Å². The lowest BCUT2D eigenvalue weighted by molar-refractivity contribution is 0.413. The molecule has 0 saturated carbocycles. The van der Waals surface area contributed by atoms with Crippen LogP contribution in [-0.4, -0.2) is 12.1 Å². The van der Waals surface area contributed by atoms with Crippen LogP contribution >= 0.6 is 0 Å². The third kappa shape index (κ3) is 4.39. The van der Waals surface area contributed by atoms with E-state index in [0.717, 1.165) is 22.9 Å². The Morgan fingerprint density at radius 3 is 2.44 bits per heavy atom. The number of hydrogen-bond acceptors (Lipinski definition) is 3. The second kappa shape index (κ2) is 7.85. The molecule has 2 aromatic carbocycles. The van der Waals surface area contributed by atoms with Crippen molar-refractivity contribution in [2.45, 2.75) is 12.6 Å². The van der Waals surface area contributed by atoms with E-state index in [1.54, 1.807) is 19.5 Å². The molecule has 25 heavy (non-hydrogen) atoms. The molecule has 3 aromatic rings. The number of methoxy groups -OCH3 is 1. The van der Waals surface area contributed by atoms with Crippen molar-refractivity contribution < 1.29 is 13.5 Å². The van der Waals surface area contributed by atoms with Crippen LogP contribution in [0.4, 0.5) is 8.78 Å². The number of hydrogen-bond donors (Lipinski definition) is 1. The van der Waals surface area contributed by atoms with Gasteiger partial charge in [0.1, 0.15) is 17.4 Å². The minimum absolute atomic E-state index is 0.185. The van der Waals surface area contributed by atoms with Crippen LogP contribution < -0.4 is 10.1 Å². The predicted molar refractivity (Wildman–Crippen MR) is 92.3 cm³/mol. The van der Waals surface area contributed by atoms with Crippen molar-refractivity contribution in [2.75, 3.05) is 7.11 Å². The number of aromatic nitrogens is 1. The van der Waals surface area contributed by atoms with Gasteiger partial charge in [-0.1, -0.05) is 18.2 Å². The van der Waals surface area contributed by atoms with Crippen molar-refractivity contribution in [2.24, 2.45) is 0 Å². The minimum Gasteiger partial charge on any atom is -0.497 e. The number of benzene rings is 2. The molecule has 0 aliphatic rings. The molecule has 0 aliphatic carbocycles. The molecule has 0 radical (unpaired) electrons. The summed E-state index contributed by atoms with van der Waals surface area (Å²) in [5, 5.41) is 3.35. The molecule has 1 atom stereocenters. The SMILES string of the molecule is COc1cccc(C(NCc2cc(F)cc(F)c2)c2cccnc2)c1. The van der Waals surface area contributed by atoms with Crippen LogP contribution in [0.3, 0.4) is 0 Å². The van der Waals surface area contributed by atoms with E-state index in [1.165, 1.54) is 12.1 Å². The fraction of sp³-hybridized carbons (Fsp3) is 0.150. The summed E-state index contributed by atoms with van der Waals surface area (Å²) in [4.78, 5) is 4.17. The maximum absolute atomic E-state index is 13.4. The number of rotatable bonds is 6. The maximum Gasteiger partial charge on any atom is 0.126 e. The van der Waals surface area contributed by atoms with E-state index in [-0.39, 0.29) is 6.04 Å². The van der Waals surface area contributed by atoms with Crippen molar-refractivity contribution in [3.63, 3.8) is 0 Å². The number of ether oxygens (including phenoxy) is 1. The number of pyridine rings is 1. The quantitative estimate of drug-likeness (QED) is 0.728. The van der Waals surface area contributed by atoms with Gasteiger partial charge >= 0.3 is 0 Å². The van der Waals surface area contributed by atoms with Gasteiger partial charge in [0, 0.05) is 25.0 Å². The van der Waals surface area contributed by atoms with Crippen molar-refractivity contribution in [1.29, 1.82) is 0 Å². The lowest BCUT2D eigenvalue weighted by Gasteiger charge is -2.20. The average molecular weight is 340 g/mol. The maximum atomic E-state index is 13.4. The third-order valence-electron chi connectivity index (χ3n) is 3.88. The highest BCUT2D eigenvalue weighted by Crippen LogP contribution is 2.25. The Bertz CT molecular complexity index is 820. The summed E-state index contributed by atoms with van der Waals surface area (Å²) in [5.74, 6) is -0.433. The summed E-state index contributed by atoms with van der Waals surface area (Å²) in [5.41, 5.74) is 2.46. The fourth-order valence-corrected chi connectivity index (χ4v) is 2.73. The minimum atomic E-state index is -0.587. The second-order valence-corrected chi connectivity index (χ2v) is 5.65. The Morgan fingerprint density at radius 1 is 1.00 bits per heavy atom. The van der Waals surface area contributed by atoms with E-state index < -0.39 is 11.6 Å². The molecule has 1 aromatic heterocycles. The van der Waals surface area contributed by atoms with Gasteiger partial charge in [0.25, 0.3) is 0 Å². The Balaban J connectivity index is 1.88. The Kier molecular flexibility index (Phi) is 5.36. The van der Waals surface area contributed by atoms with Crippen molar-refractivity contribution in [3.8, 4) is 5.75 Å². The number of nitrogens with zero attached hydrogens (tertiary/aromatic N) is 1. The van der Waals surface area contributed by atoms with Gasteiger partial charge in [0.2, 0.25) is 0 Å². The van der Waals surface area contributed by atoms with Crippen molar-refractivity contribution in [3.05, 3.63) is 95.3 Å². The molecule has 128 valence electrons. The van der Waals surface area contributed by atoms with Crippen LogP contribution in [0.15, 0.2) is 67.0 Å². The van der Waals surface area contributed by atoms with Crippen LogP contribution in [0.25, 0.3) is 0 Å². The monoisotopic (exact) mass is 340 g/mol. The first-order valence-corrected chi connectivity index (χ1v) is 7.88. The van der Waals surface area contributed by atoms with E-state index in [9.17, 15) is 8.78 Å². The normalized spacial score (nSPS) is 12.0. The largest absolute Gasteiger partial charge is 0.497 e. The van der Waals surface area contributed by atoms with Gasteiger partial charge in [-0.05, 0) is 47.0 Å². The summed E-state index contributed by atoms with van der Waals surface area (Å²) in [6.07, 6.45) is 3.47. The molecule has 0 aliphatic heterocycles. The molecule has 1 unspecified atom stereocenters. The highest BCUT2D eigenvalue weighted by molar-refractivity contribution is 5.36. The number of nitrogens with one attached hydrogen (secondary N) is 1. The Morgan fingerprint density at radius 2 is 1.76 bits per heavy atom. The molecule has 1 heterocycles. The average Bonchev–Trinajstić information content (AvgIpc) is 2.62. The molecular formula is C20H18F2N2O. The lowest BCUT2D eigenvalue weighted by Crippen LogP contribution is -2.22. The highest BCUT2D eigenvalue weighted by Gasteiger charge is 2.15. The molecule has 0 spiro atoms. The summed E-state index contributed by atoms with van der Waals surface area (Å²) in [6.45, 7) is 0.311. The van der Waals surface area contributed by atoms with Crippen LogP contribution in [0.1, 0.15) is 22.7 Å². The standard InChI is InChI=1S/C20H18F2N2O/c1-25-19-6-2-4-15(10-19)20(16-5-3-7-23-13-16)24-12-14-8-17(21)11-18(22)9-14/h2-11,13,20,24H,12H2,1H3. The predicted octanol–water partition coefficient (Wildman–Crippen LogP) is 4.25. The topological polar surface area (TPSA) is 34.1 Å². The summed E-state index contributed by atoms with van der Waals surface area (Å²) >= 11 is 0. The third-order valence-corrected chi connectivity index (χ3v) is 3.88. The molecule has 0 bridgehead atoms. The number of halogens is 2. The zero-order valence-corrected chi connectivity index (χ0v) is 13.7. The van der Waals surface area contributed by atoms with Crippen LogP contribution in [-0.2, 0) is 6.54 Å². The van der Waals surface area contributed by atoms with E-state index in [1.807, 2.05) is 36.4 Å². The second-order valence-electron chi connectivity index (χ2n) is 5.65. The van der Waals surface area contributed by atoms with Crippen molar-refractivity contribution >= 4 is 0 Å². The lowest BCUT2D eigenvalue weighted by atomic mass is 9.99. The molecule has 5 heteroatoms. The van der Waals surface area contributed by atoms with Gasteiger partial charge in [-0.25, -0.2) is 8.78 Å². The summed E-state index contributed by atoms with van der Waals surface area (Å²) in [6, 6.07) is 14.8. The Labute approximate surface area is 145 Å². The first-order chi connectivity index (χ1) is 12.2. The first-order valence-electron chi connectivity index (χ1n) is 7.88. The Hall–Kier alpha value is -2.79. The first kappa shape index (κ1) is 17.0. The molecule has 3 nitrogen and oxygen atoms in total. The summed E-state index contributed by atoms with van der Waals surface area (Å²) in [7, 11) is 1.61. The molecule has 1 N–H and O–H groups in total. The van der Waals surface area contributed by atoms with E-state index in [2.05, 4.69) is 10.3 Å². The van der Waals surface area contributed by atoms with Crippen molar-refractivity contribution in [1.82, 2.24) is 10.3 Å². The van der Waals surface area contributed by atoms with E-state index in [0.29, 0.717) is 12.1 Å². The zero-order valence-electron chi connectivity index (χ0n) is 13.7. The van der Waals surface area contributed by atoms with Gasteiger partial charge in [0.15, 0.2) is 0 Å². The van der Waals surface area contributed by atoms with Crippen LogP contribution in [0.2, 0.25) is 0 Å².